The van der Waals surface area contributed by atoms with Gasteiger partial charge in [0.2, 0.25) is 10.0 Å². The molecule has 0 aliphatic heterocycles. The first-order valence-corrected chi connectivity index (χ1v) is 12.0. The smallest absolute Gasteiger partial charge is 0.340 e. The normalized spacial score (nSPS) is 14.7. The van der Waals surface area contributed by atoms with E-state index in [9.17, 15) is 21.6 Å². The molecule has 1 aliphatic carbocycles. The average Bonchev–Trinajstić information content (AvgIpc) is 3.49. The Labute approximate surface area is 185 Å². The highest BCUT2D eigenvalue weighted by atomic mass is 32.2. The van der Waals surface area contributed by atoms with Crippen molar-refractivity contribution < 1.29 is 21.6 Å². The van der Waals surface area contributed by atoms with E-state index in [-0.39, 0.29) is 17.0 Å². The van der Waals surface area contributed by atoms with Gasteiger partial charge >= 0.3 is 6.18 Å². The topological polar surface area (TPSA) is 80.1 Å². The molecule has 12 heteroatoms. The Bertz CT molecular complexity index is 1240. The fourth-order valence-electron chi connectivity index (χ4n) is 3.14. The zero-order valence-electron chi connectivity index (χ0n) is 17.0. The first-order valence-electron chi connectivity index (χ1n) is 9.74. The fourth-order valence-corrected chi connectivity index (χ4v) is 4.80. The van der Waals surface area contributed by atoms with Crippen molar-refractivity contribution in [2.75, 3.05) is 18.7 Å². The predicted octanol–water partition coefficient (Wildman–Crippen LogP) is 4.50. The molecule has 1 aliphatic rings. The summed E-state index contributed by atoms with van der Waals surface area (Å²) in [5.74, 6) is -0.0135. The van der Waals surface area contributed by atoms with E-state index in [0.29, 0.717) is 23.0 Å². The van der Waals surface area contributed by atoms with Crippen LogP contribution in [-0.4, -0.2) is 40.6 Å². The number of alkyl halides is 3. The lowest BCUT2D eigenvalue weighted by Crippen LogP contribution is -2.25. The molecule has 1 saturated carbocycles. The minimum absolute atomic E-state index is 0.0135. The van der Waals surface area contributed by atoms with Gasteiger partial charge in [0.1, 0.15) is 5.82 Å². The third kappa shape index (κ3) is 4.65. The number of aromatic nitrogens is 3. The molecule has 0 amide bonds. The van der Waals surface area contributed by atoms with Gasteiger partial charge < -0.3 is 9.88 Å². The van der Waals surface area contributed by atoms with Gasteiger partial charge in [-0.25, -0.2) is 18.4 Å². The van der Waals surface area contributed by atoms with E-state index >= 15 is 0 Å². The van der Waals surface area contributed by atoms with E-state index in [4.69, 9.17) is 0 Å². The highest BCUT2D eigenvalue weighted by Crippen LogP contribution is 2.38. The molecule has 0 saturated heterocycles. The second kappa shape index (κ2) is 8.46. The third-order valence-corrected chi connectivity index (χ3v) is 7.78. The molecule has 1 atom stereocenters. The molecule has 1 aromatic carbocycles. The average molecular weight is 483 g/mol. The zero-order chi connectivity index (χ0) is 23.1. The van der Waals surface area contributed by atoms with Crippen LogP contribution in [0.25, 0.3) is 11.3 Å². The zero-order valence-corrected chi connectivity index (χ0v) is 19.0. The van der Waals surface area contributed by atoms with Crippen LogP contribution in [0.3, 0.4) is 0 Å². The first-order chi connectivity index (χ1) is 15.1. The third-order valence-electron chi connectivity index (χ3n) is 5.15. The predicted molar refractivity (Wildman–Crippen MR) is 118 cm³/mol. The molecule has 7 nitrogen and oxygen atoms in total. The van der Waals surface area contributed by atoms with Crippen LogP contribution >= 0.6 is 9.24 Å². The maximum atomic E-state index is 13.1. The Morgan fingerprint density at radius 2 is 1.97 bits per heavy atom. The van der Waals surface area contributed by atoms with Crippen molar-refractivity contribution in [3.05, 3.63) is 54.6 Å². The van der Waals surface area contributed by atoms with Crippen molar-refractivity contribution in [1.82, 2.24) is 18.8 Å². The van der Waals surface area contributed by atoms with Crippen molar-refractivity contribution in [2.45, 2.75) is 30.0 Å². The molecule has 170 valence electrons. The molecular formula is C20H21F3N5O2PS. The van der Waals surface area contributed by atoms with Crippen LogP contribution in [-0.2, 0) is 16.2 Å². The second-order valence-electron chi connectivity index (χ2n) is 7.48. The standard InChI is InChI=1S/C20H21F3N5O2PS/c1-27(12-31)32(29,30)15-4-5-17(26-19-8-13(6-7-24-19)20(21,22)23)16(9-15)18-10-28(11-25-18)14-2-3-14/h4-11,14H,2-3,12,31H2,1H3,(H,24,26). The van der Waals surface area contributed by atoms with Gasteiger partial charge in [-0.15, -0.1) is 9.24 Å². The van der Waals surface area contributed by atoms with E-state index in [1.807, 2.05) is 10.8 Å². The molecule has 1 unspecified atom stereocenters. The summed E-state index contributed by atoms with van der Waals surface area (Å²) >= 11 is 0. The number of anilines is 2. The van der Waals surface area contributed by atoms with E-state index < -0.39 is 21.8 Å². The number of halogens is 3. The lowest BCUT2D eigenvalue weighted by Gasteiger charge is -2.17. The maximum Gasteiger partial charge on any atom is 0.416 e. The van der Waals surface area contributed by atoms with Crippen molar-refractivity contribution >= 4 is 30.8 Å². The van der Waals surface area contributed by atoms with Crippen molar-refractivity contribution in [1.29, 1.82) is 0 Å². The second-order valence-corrected chi connectivity index (χ2v) is 9.89. The summed E-state index contributed by atoms with van der Waals surface area (Å²) in [6.45, 7) is 0. The number of hydrogen-bond acceptors (Lipinski definition) is 5. The summed E-state index contributed by atoms with van der Waals surface area (Å²) in [5.41, 5.74) is 0.514. The summed E-state index contributed by atoms with van der Waals surface area (Å²) < 4.78 is 68.0. The van der Waals surface area contributed by atoms with E-state index in [2.05, 4.69) is 24.5 Å². The van der Waals surface area contributed by atoms with Crippen LogP contribution in [0.5, 0.6) is 0 Å². The number of pyridine rings is 1. The Balaban J connectivity index is 1.77. The van der Waals surface area contributed by atoms with Crippen LogP contribution in [0.15, 0.2) is 53.9 Å². The largest absolute Gasteiger partial charge is 0.416 e. The van der Waals surface area contributed by atoms with Gasteiger partial charge in [-0.2, -0.15) is 17.5 Å². The number of hydrogen-bond donors (Lipinski definition) is 1. The molecule has 3 aromatic rings. The van der Waals surface area contributed by atoms with Gasteiger partial charge in [-0.05, 0) is 43.2 Å². The minimum Gasteiger partial charge on any atom is -0.340 e. The van der Waals surface area contributed by atoms with Crippen molar-refractivity contribution in [3.8, 4) is 11.3 Å². The highest BCUT2D eigenvalue weighted by molar-refractivity contribution is 7.89. The number of benzene rings is 1. The molecule has 0 bridgehead atoms. The molecule has 0 spiro atoms. The van der Waals surface area contributed by atoms with Gasteiger partial charge in [-0.1, -0.05) is 0 Å². The number of imidazole rings is 1. The summed E-state index contributed by atoms with van der Waals surface area (Å²) in [6, 6.07) is 6.55. The monoisotopic (exact) mass is 483 g/mol. The van der Waals surface area contributed by atoms with Crippen molar-refractivity contribution in [3.63, 3.8) is 0 Å². The molecule has 1 fully saturated rings. The van der Waals surface area contributed by atoms with Gasteiger partial charge in [0.05, 0.1) is 22.5 Å². The van der Waals surface area contributed by atoms with Gasteiger partial charge in [0.25, 0.3) is 0 Å². The lowest BCUT2D eigenvalue weighted by atomic mass is 10.1. The van der Waals surface area contributed by atoms with Crippen LogP contribution in [0.1, 0.15) is 24.4 Å². The van der Waals surface area contributed by atoms with Crippen LogP contribution in [0.4, 0.5) is 24.7 Å². The summed E-state index contributed by atoms with van der Waals surface area (Å²) in [5, 5.41) is 2.89. The van der Waals surface area contributed by atoms with Crippen LogP contribution < -0.4 is 5.32 Å². The van der Waals surface area contributed by atoms with Gasteiger partial charge in [0, 0.05) is 43.0 Å². The lowest BCUT2D eigenvalue weighted by molar-refractivity contribution is -0.137. The molecule has 1 N–H and O–H groups in total. The van der Waals surface area contributed by atoms with E-state index in [0.717, 1.165) is 31.2 Å². The molecule has 2 aromatic heterocycles. The first kappa shape index (κ1) is 22.7. The van der Waals surface area contributed by atoms with Gasteiger partial charge in [0.15, 0.2) is 0 Å². The fraction of sp³-hybridized carbons (Fsp3) is 0.300. The SMILES string of the molecule is CN(CP)S(=O)(=O)c1ccc(Nc2cc(C(F)(F)F)ccn2)c(-c2cn(C3CC3)cn2)c1. The Kier molecular flexibility index (Phi) is 6.00. The quantitative estimate of drug-likeness (QED) is 0.501. The minimum atomic E-state index is -4.51. The van der Waals surface area contributed by atoms with Crippen LogP contribution in [0, 0.1) is 0 Å². The number of rotatable bonds is 7. The highest BCUT2D eigenvalue weighted by Gasteiger charge is 2.31. The summed E-state index contributed by atoms with van der Waals surface area (Å²) in [4.78, 5) is 8.43. The molecule has 32 heavy (non-hydrogen) atoms. The maximum absolute atomic E-state index is 13.1. The summed E-state index contributed by atoms with van der Waals surface area (Å²) in [7, 11) is 0.0682. The van der Waals surface area contributed by atoms with E-state index in [1.165, 1.54) is 29.6 Å². The summed E-state index contributed by atoms with van der Waals surface area (Å²) in [6.07, 6.45) is 2.35. The number of nitrogens with one attached hydrogen (secondary N) is 1. The Morgan fingerprint density at radius 3 is 2.62 bits per heavy atom. The van der Waals surface area contributed by atoms with E-state index in [1.54, 1.807) is 6.33 Å². The number of nitrogens with zero attached hydrogens (tertiary/aromatic N) is 4. The Hall–Kier alpha value is -2.49. The molecule has 4 rings (SSSR count). The number of sulfonamides is 1. The van der Waals surface area contributed by atoms with Gasteiger partial charge in [-0.3, -0.25) is 0 Å². The Morgan fingerprint density at radius 1 is 1.22 bits per heavy atom. The van der Waals surface area contributed by atoms with Crippen molar-refractivity contribution in [2.24, 2.45) is 0 Å². The molecule has 2 heterocycles. The molecule has 0 radical (unpaired) electrons. The van der Waals surface area contributed by atoms with Crippen LogP contribution in [0.2, 0.25) is 0 Å². The molecular weight excluding hydrogens is 462 g/mol.